The van der Waals surface area contributed by atoms with Crippen molar-refractivity contribution >= 4 is 29.4 Å². The van der Waals surface area contributed by atoms with E-state index in [9.17, 15) is 4.79 Å². The molecule has 34 heavy (non-hydrogen) atoms. The minimum absolute atomic E-state index is 0.230. The molecule has 0 bridgehead atoms. The Bertz CT molecular complexity index is 1130. The van der Waals surface area contributed by atoms with E-state index >= 15 is 0 Å². The highest BCUT2D eigenvalue weighted by atomic mass is 16.5. The van der Waals surface area contributed by atoms with Crippen LogP contribution in [0.1, 0.15) is 11.1 Å². The predicted octanol–water partition coefficient (Wildman–Crippen LogP) is 3.19. The lowest BCUT2D eigenvalue weighted by Gasteiger charge is -2.12. The third-order valence-electron chi connectivity index (χ3n) is 4.68. The van der Waals surface area contributed by atoms with Crippen molar-refractivity contribution in [2.24, 2.45) is 0 Å². The van der Waals surface area contributed by atoms with E-state index in [4.69, 9.17) is 14.2 Å². The molecule has 0 saturated heterocycles. The second-order valence-corrected chi connectivity index (χ2v) is 7.14. The number of anilines is 3. The van der Waals surface area contributed by atoms with Crippen LogP contribution in [0.2, 0.25) is 0 Å². The molecule has 0 atom stereocenters. The number of amides is 1. The molecule has 0 radical (unpaired) electrons. The molecule has 2 heterocycles. The first-order valence-electron chi connectivity index (χ1n) is 10.5. The highest BCUT2D eigenvalue weighted by molar-refractivity contribution is 5.91. The maximum absolute atomic E-state index is 12.2. The van der Waals surface area contributed by atoms with Crippen LogP contribution in [0.25, 0.3) is 6.08 Å². The van der Waals surface area contributed by atoms with Gasteiger partial charge in [0.25, 0.3) is 0 Å². The highest BCUT2D eigenvalue weighted by Gasteiger charge is 2.12. The van der Waals surface area contributed by atoms with Crippen molar-refractivity contribution in [3.8, 4) is 17.2 Å². The minimum Gasteiger partial charge on any atom is -0.493 e. The van der Waals surface area contributed by atoms with Crippen molar-refractivity contribution in [2.45, 2.75) is 6.92 Å². The van der Waals surface area contributed by atoms with Gasteiger partial charge in [0.1, 0.15) is 23.8 Å². The van der Waals surface area contributed by atoms with Gasteiger partial charge in [-0.05, 0) is 48.4 Å². The van der Waals surface area contributed by atoms with E-state index < -0.39 is 0 Å². The Morgan fingerprint density at radius 2 is 1.62 bits per heavy atom. The molecule has 0 aliphatic heterocycles. The fraction of sp³-hybridized carbons (Fsp3) is 0.250. The number of carbonyl (C=O) groups excluding carboxylic acids is 1. The lowest BCUT2D eigenvalue weighted by Crippen LogP contribution is -2.27. The average molecular weight is 465 g/mol. The quantitative estimate of drug-likeness (QED) is 0.290. The summed E-state index contributed by atoms with van der Waals surface area (Å²) in [6.45, 7) is 2.89. The molecule has 10 nitrogen and oxygen atoms in total. The van der Waals surface area contributed by atoms with Crippen molar-refractivity contribution in [1.29, 1.82) is 0 Å². The molecule has 1 amide bonds. The van der Waals surface area contributed by atoms with Crippen molar-refractivity contribution in [2.75, 3.05) is 45.1 Å². The Kier molecular flexibility index (Phi) is 8.61. The number of rotatable bonds is 11. The molecule has 0 spiro atoms. The largest absolute Gasteiger partial charge is 0.493 e. The zero-order valence-electron chi connectivity index (χ0n) is 19.6. The van der Waals surface area contributed by atoms with E-state index in [1.165, 1.54) is 19.5 Å². The van der Waals surface area contributed by atoms with Crippen molar-refractivity contribution in [3.63, 3.8) is 0 Å². The summed E-state index contributed by atoms with van der Waals surface area (Å²) in [5.41, 5.74) is 1.84. The lowest BCUT2D eigenvalue weighted by molar-refractivity contribution is -0.116. The Morgan fingerprint density at radius 1 is 0.912 bits per heavy atom. The van der Waals surface area contributed by atoms with Gasteiger partial charge in [0.2, 0.25) is 11.7 Å². The van der Waals surface area contributed by atoms with Gasteiger partial charge in [-0.25, -0.2) is 15.0 Å². The van der Waals surface area contributed by atoms with Crippen LogP contribution in [0.4, 0.5) is 17.5 Å². The minimum atomic E-state index is -0.230. The third kappa shape index (κ3) is 6.83. The molecule has 178 valence electrons. The van der Waals surface area contributed by atoms with Crippen LogP contribution in [0, 0.1) is 6.92 Å². The number of aromatic nitrogens is 3. The smallest absolute Gasteiger partial charge is 0.244 e. The highest BCUT2D eigenvalue weighted by Crippen LogP contribution is 2.38. The molecule has 0 aliphatic rings. The number of methoxy groups -OCH3 is 3. The molecule has 0 saturated carbocycles. The molecule has 1 aromatic carbocycles. The number of pyridine rings is 1. The summed E-state index contributed by atoms with van der Waals surface area (Å²) in [5.74, 6) is 3.25. The summed E-state index contributed by atoms with van der Waals surface area (Å²) < 4.78 is 16.0. The zero-order chi connectivity index (χ0) is 24.3. The van der Waals surface area contributed by atoms with Gasteiger partial charge in [-0.1, -0.05) is 0 Å². The fourth-order valence-corrected chi connectivity index (χ4v) is 3.06. The number of nitrogens with zero attached hydrogens (tertiary/aromatic N) is 3. The summed E-state index contributed by atoms with van der Waals surface area (Å²) in [7, 11) is 4.62. The summed E-state index contributed by atoms with van der Waals surface area (Å²) in [6.07, 6.45) is 6.31. The van der Waals surface area contributed by atoms with Crippen LogP contribution in [0.5, 0.6) is 17.2 Å². The molecule has 3 N–H and O–H groups in total. The van der Waals surface area contributed by atoms with E-state index in [0.717, 1.165) is 11.1 Å². The topological polar surface area (TPSA) is 120 Å². The van der Waals surface area contributed by atoms with Crippen molar-refractivity contribution in [3.05, 3.63) is 60.1 Å². The van der Waals surface area contributed by atoms with Crippen LogP contribution in [0.15, 0.2) is 48.9 Å². The number of ether oxygens (including phenoxy) is 3. The first-order chi connectivity index (χ1) is 16.5. The van der Waals surface area contributed by atoms with E-state index in [1.54, 1.807) is 44.7 Å². The number of benzene rings is 1. The first-order valence-corrected chi connectivity index (χ1v) is 10.5. The SMILES string of the molecule is COc1cc(/C=C/C(=O)NCCNc2cc(Nc3cc(C)ccn3)ncn2)cc(OC)c1OC. The molecule has 0 aliphatic carbocycles. The Morgan fingerprint density at radius 3 is 2.29 bits per heavy atom. The molecule has 3 rings (SSSR count). The average Bonchev–Trinajstić information content (AvgIpc) is 2.85. The zero-order valence-corrected chi connectivity index (χ0v) is 19.6. The van der Waals surface area contributed by atoms with Gasteiger partial charge in [-0.15, -0.1) is 0 Å². The molecule has 2 aromatic heterocycles. The fourth-order valence-electron chi connectivity index (χ4n) is 3.06. The van der Waals surface area contributed by atoms with Crippen LogP contribution in [-0.4, -0.2) is 55.3 Å². The number of carbonyl (C=O) groups is 1. The van der Waals surface area contributed by atoms with Gasteiger partial charge in [-0.2, -0.15) is 0 Å². The third-order valence-corrected chi connectivity index (χ3v) is 4.68. The van der Waals surface area contributed by atoms with Gasteiger partial charge >= 0.3 is 0 Å². The summed E-state index contributed by atoms with van der Waals surface area (Å²) in [4.78, 5) is 24.8. The first kappa shape index (κ1) is 24.3. The molecule has 0 unspecified atom stereocenters. The van der Waals surface area contributed by atoms with E-state index in [-0.39, 0.29) is 5.91 Å². The number of nitrogens with one attached hydrogen (secondary N) is 3. The van der Waals surface area contributed by atoms with E-state index in [0.29, 0.717) is 47.8 Å². The Hall–Kier alpha value is -4.34. The standard InChI is InChI=1S/C24H28N6O4/c1-16-7-8-25-21(11-16)30-22-14-20(28-15-29-22)26-9-10-27-23(31)6-5-17-12-18(32-2)24(34-4)19(13-17)33-3/h5-8,11-15H,9-10H2,1-4H3,(H,27,31)(H2,25,26,28,29,30)/b6-5+. The Balaban J connectivity index is 1.49. The van der Waals surface area contributed by atoms with E-state index in [2.05, 4.69) is 30.9 Å². The van der Waals surface area contributed by atoms with Crippen LogP contribution in [0.3, 0.4) is 0 Å². The number of hydrogen-bond acceptors (Lipinski definition) is 9. The number of hydrogen-bond donors (Lipinski definition) is 3. The second kappa shape index (κ2) is 12.0. The monoisotopic (exact) mass is 464 g/mol. The lowest BCUT2D eigenvalue weighted by atomic mass is 10.1. The predicted molar refractivity (Wildman–Crippen MR) is 131 cm³/mol. The van der Waals surface area contributed by atoms with Crippen molar-refractivity contribution < 1.29 is 19.0 Å². The normalized spacial score (nSPS) is 10.6. The maximum Gasteiger partial charge on any atom is 0.244 e. The van der Waals surface area contributed by atoms with Gasteiger partial charge in [0.15, 0.2) is 11.5 Å². The maximum atomic E-state index is 12.2. The summed E-state index contributed by atoms with van der Waals surface area (Å²) in [5, 5.41) is 9.12. The van der Waals surface area contributed by atoms with Gasteiger partial charge in [0.05, 0.1) is 21.3 Å². The van der Waals surface area contributed by atoms with E-state index in [1.807, 2.05) is 19.1 Å². The van der Waals surface area contributed by atoms with Gasteiger partial charge in [-0.3, -0.25) is 4.79 Å². The van der Waals surface area contributed by atoms with Crippen molar-refractivity contribution in [1.82, 2.24) is 20.3 Å². The molecular formula is C24H28N6O4. The Labute approximate surface area is 198 Å². The van der Waals surface area contributed by atoms with Crippen LogP contribution < -0.4 is 30.2 Å². The molecule has 10 heteroatoms. The summed E-state index contributed by atoms with van der Waals surface area (Å²) >= 11 is 0. The summed E-state index contributed by atoms with van der Waals surface area (Å²) in [6, 6.07) is 9.15. The molecule has 3 aromatic rings. The van der Waals surface area contributed by atoms with Gasteiger partial charge < -0.3 is 30.2 Å². The second-order valence-electron chi connectivity index (χ2n) is 7.14. The molecule has 0 fully saturated rings. The number of aryl methyl sites for hydroxylation is 1. The van der Waals surface area contributed by atoms with Gasteiger partial charge in [0, 0.05) is 31.4 Å². The van der Waals surface area contributed by atoms with Crippen LogP contribution >= 0.6 is 0 Å². The molecular weight excluding hydrogens is 436 g/mol. The van der Waals surface area contributed by atoms with Crippen LogP contribution in [-0.2, 0) is 4.79 Å².